The molecule has 100 valence electrons. The fourth-order valence-electron chi connectivity index (χ4n) is 2.73. The second-order valence-electron chi connectivity index (χ2n) is 5.58. The van der Waals surface area contributed by atoms with Crippen LogP contribution in [-0.2, 0) is 6.42 Å². The molecular formula is C16H26N2. The summed E-state index contributed by atoms with van der Waals surface area (Å²) < 4.78 is 0. The highest BCUT2D eigenvalue weighted by Gasteiger charge is 2.34. The van der Waals surface area contributed by atoms with Gasteiger partial charge in [-0.1, -0.05) is 31.2 Å². The van der Waals surface area contributed by atoms with Gasteiger partial charge in [-0.3, -0.25) is 4.90 Å². The first kappa shape index (κ1) is 13.6. The first-order chi connectivity index (χ1) is 8.67. The molecule has 0 radical (unpaired) electrons. The predicted molar refractivity (Wildman–Crippen MR) is 77.6 cm³/mol. The number of nitrogens with zero attached hydrogens (tertiary/aromatic N) is 1. The van der Waals surface area contributed by atoms with Crippen LogP contribution in [0.4, 0.5) is 0 Å². The molecule has 0 aliphatic heterocycles. The first-order valence-corrected chi connectivity index (χ1v) is 7.18. The van der Waals surface area contributed by atoms with Crippen molar-refractivity contribution in [3.63, 3.8) is 0 Å². The molecular weight excluding hydrogens is 220 g/mol. The van der Waals surface area contributed by atoms with Crippen LogP contribution >= 0.6 is 0 Å². The van der Waals surface area contributed by atoms with E-state index in [1.54, 1.807) is 0 Å². The van der Waals surface area contributed by atoms with Gasteiger partial charge in [0.2, 0.25) is 0 Å². The Kier molecular flexibility index (Phi) is 4.41. The molecule has 2 unspecified atom stereocenters. The van der Waals surface area contributed by atoms with Crippen LogP contribution in [0.25, 0.3) is 0 Å². The molecule has 1 aliphatic rings. The molecule has 2 rings (SSSR count). The Morgan fingerprint density at radius 2 is 1.89 bits per heavy atom. The molecule has 1 aromatic rings. The Bertz CT molecular complexity index is 367. The van der Waals surface area contributed by atoms with E-state index < -0.39 is 0 Å². The normalized spacial score (nSPS) is 18.9. The first-order valence-electron chi connectivity index (χ1n) is 7.18. The van der Waals surface area contributed by atoms with Crippen LogP contribution in [0.3, 0.4) is 0 Å². The molecule has 0 saturated heterocycles. The summed E-state index contributed by atoms with van der Waals surface area (Å²) in [5.41, 5.74) is 8.74. The lowest BCUT2D eigenvalue weighted by molar-refractivity contribution is 0.170. The van der Waals surface area contributed by atoms with E-state index in [-0.39, 0.29) is 0 Å². The third kappa shape index (κ3) is 2.93. The van der Waals surface area contributed by atoms with Crippen LogP contribution in [0.5, 0.6) is 0 Å². The zero-order chi connectivity index (χ0) is 13.1. The monoisotopic (exact) mass is 246 g/mol. The Hall–Kier alpha value is -0.860. The molecule has 0 aromatic heterocycles. The van der Waals surface area contributed by atoms with Gasteiger partial charge in [-0.05, 0) is 50.3 Å². The van der Waals surface area contributed by atoms with Gasteiger partial charge in [0.05, 0.1) is 0 Å². The third-order valence-corrected chi connectivity index (χ3v) is 4.41. The number of hydrogen-bond acceptors (Lipinski definition) is 2. The third-order valence-electron chi connectivity index (χ3n) is 4.41. The molecule has 0 spiro atoms. The van der Waals surface area contributed by atoms with Gasteiger partial charge in [-0.25, -0.2) is 0 Å². The summed E-state index contributed by atoms with van der Waals surface area (Å²) in [5, 5.41) is 0. The van der Waals surface area contributed by atoms with Crippen LogP contribution in [0.15, 0.2) is 24.3 Å². The molecule has 2 heteroatoms. The Balaban J connectivity index is 2.06. The Morgan fingerprint density at radius 3 is 2.33 bits per heavy atom. The van der Waals surface area contributed by atoms with Gasteiger partial charge in [-0.2, -0.15) is 0 Å². The summed E-state index contributed by atoms with van der Waals surface area (Å²) in [6, 6.07) is 10.0. The van der Waals surface area contributed by atoms with Gasteiger partial charge < -0.3 is 5.73 Å². The fraction of sp³-hybridized carbons (Fsp3) is 0.625. The molecule has 0 amide bonds. The summed E-state index contributed by atoms with van der Waals surface area (Å²) in [7, 11) is 2.22. The van der Waals surface area contributed by atoms with Crippen LogP contribution in [0.1, 0.15) is 43.9 Å². The van der Waals surface area contributed by atoms with Crippen molar-refractivity contribution in [3.8, 4) is 0 Å². The lowest BCUT2D eigenvalue weighted by Gasteiger charge is -2.33. The summed E-state index contributed by atoms with van der Waals surface area (Å²) >= 11 is 0. The summed E-state index contributed by atoms with van der Waals surface area (Å²) in [6.45, 7) is 5.26. The van der Waals surface area contributed by atoms with E-state index in [4.69, 9.17) is 5.73 Å². The van der Waals surface area contributed by atoms with Crippen LogP contribution in [0, 0.1) is 5.92 Å². The number of likely N-dealkylation sites (N-methyl/N-ethyl adjacent to an activating group) is 1. The van der Waals surface area contributed by atoms with E-state index in [2.05, 4.69) is 50.1 Å². The molecule has 2 atom stereocenters. The summed E-state index contributed by atoms with van der Waals surface area (Å²) in [6.07, 6.45) is 3.82. The molecule has 2 nitrogen and oxygen atoms in total. The van der Waals surface area contributed by atoms with Crippen LogP contribution in [0.2, 0.25) is 0 Å². The highest BCUT2D eigenvalue weighted by molar-refractivity contribution is 5.25. The topological polar surface area (TPSA) is 29.3 Å². The van der Waals surface area contributed by atoms with Crippen molar-refractivity contribution in [1.29, 1.82) is 0 Å². The van der Waals surface area contributed by atoms with Crippen LogP contribution in [-0.4, -0.2) is 24.5 Å². The van der Waals surface area contributed by atoms with Gasteiger partial charge >= 0.3 is 0 Å². The van der Waals surface area contributed by atoms with Gasteiger partial charge in [0.15, 0.2) is 0 Å². The van der Waals surface area contributed by atoms with Crippen molar-refractivity contribution in [2.75, 3.05) is 13.6 Å². The van der Waals surface area contributed by atoms with E-state index >= 15 is 0 Å². The molecule has 18 heavy (non-hydrogen) atoms. The van der Waals surface area contributed by atoms with Gasteiger partial charge in [-0.15, -0.1) is 0 Å². The number of aryl methyl sites for hydroxylation is 1. The van der Waals surface area contributed by atoms with Crippen molar-refractivity contribution in [1.82, 2.24) is 4.90 Å². The van der Waals surface area contributed by atoms with Gasteiger partial charge in [0, 0.05) is 18.6 Å². The lowest BCUT2D eigenvalue weighted by atomic mass is 10.0. The van der Waals surface area contributed by atoms with E-state index in [9.17, 15) is 0 Å². The number of nitrogens with two attached hydrogens (primary N) is 1. The van der Waals surface area contributed by atoms with E-state index in [0.717, 1.165) is 18.9 Å². The maximum Gasteiger partial charge on any atom is 0.0320 e. The number of hydrogen-bond donors (Lipinski definition) is 1. The second-order valence-corrected chi connectivity index (χ2v) is 5.58. The molecule has 1 fully saturated rings. The quantitative estimate of drug-likeness (QED) is 0.836. The molecule has 1 aliphatic carbocycles. The van der Waals surface area contributed by atoms with Crippen molar-refractivity contribution < 1.29 is 0 Å². The highest BCUT2D eigenvalue weighted by atomic mass is 15.2. The maximum absolute atomic E-state index is 5.93. The summed E-state index contributed by atoms with van der Waals surface area (Å²) in [5.74, 6) is 0.831. The standard InChI is InChI=1S/C16H26N2/c1-4-13-5-7-14(8-6-13)12(2)18(3)16(11-17)15-9-10-15/h5-8,12,15-16H,4,9-11,17H2,1-3H3. The summed E-state index contributed by atoms with van der Waals surface area (Å²) in [4.78, 5) is 2.46. The average molecular weight is 246 g/mol. The fourth-order valence-corrected chi connectivity index (χ4v) is 2.73. The largest absolute Gasteiger partial charge is 0.329 e. The van der Waals surface area contributed by atoms with Crippen LogP contribution < -0.4 is 5.73 Å². The molecule has 1 aromatic carbocycles. The van der Waals surface area contributed by atoms with Crippen molar-refractivity contribution in [3.05, 3.63) is 35.4 Å². The molecule has 2 N–H and O–H groups in total. The maximum atomic E-state index is 5.93. The van der Waals surface area contributed by atoms with E-state index in [1.165, 1.54) is 24.0 Å². The minimum atomic E-state index is 0.449. The Labute approximate surface area is 111 Å². The predicted octanol–water partition coefficient (Wildman–Crippen LogP) is 2.98. The minimum Gasteiger partial charge on any atom is -0.329 e. The minimum absolute atomic E-state index is 0.449. The van der Waals surface area contributed by atoms with Gasteiger partial charge in [0.1, 0.15) is 0 Å². The molecule has 1 saturated carbocycles. The smallest absolute Gasteiger partial charge is 0.0320 e. The second kappa shape index (κ2) is 5.85. The average Bonchev–Trinajstić information content (AvgIpc) is 3.23. The zero-order valence-corrected chi connectivity index (χ0v) is 11.9. The molecule has 0 bridgehead atoms. The SMILES string of the molecule is CCc1ccc(C(C)N(C)C(CN)C2CC2)cc1. The van der Waals surface area contributed by atoms with E-state index in [0.29, 0.717) is 12.1 Å². The number of rotatable bonds is 6. The zero-order valence-electron chi connectivity index (χ0n) is 11.9. The van der Waals surface area contributed by atoms with Crippen molar-refractivity contribution in [2.24, 2.45) is 11.7 Å². The molecule has 0 heterocycles. The van der Waals surface area contributed by atoms with Crippen molar-refractivity contribution in [2.45, 2.75) is 45.2 Å². The van der Waals surface area contributed by atoms with Gasteiger partial charge in [0.25, 0.3) is 0 Å². The Morgan fingerprint density at radius 1 is 1.28 bits per heavy atom. The lowest BCUT2D eigenvalue weighted by Crippen LogP contribution is -2.41. The number of benzene rings is 1. The van der Waals surface area contributed by atoms with Crippen molar-refractivity contribution >= 4 is 0 Å². The van der Waals surface area contributed by atoms with E-state index in [1.807, 2.05) is 0 Å². The highest BCUT2D eigenvalue weighted by Crippen LogP contribution is 2.37.